The van der Waals surface area contributed by atoms with Crippen molar-refractivity contribution >= 4 is 29.6 Å². The first kappa shape index (κ1) is 14.3. The molecule has 1 aliphatic rings. The Balaban J connectivity index is 2.24. The van der Waals surface area contributed by atoms with Crippen LogP contribution in [0.5, 0.6) is 0 Å². The molecule has 0 atom stereocenters. The lowest BCUT2D eigenvalue weighted by atomic mass is 10.0. The summed E-state index contributed by atoms with van der Waals surface area (Å²) in [6.07, 6.45) is -3.78. The van der Waals surface area contributed by atoms with Crippen LogP contribution in [0.25, 0.3) is 11.3 Å². The van der Waals surface area contributed by atoms with Crippen LogP contribution in [0.2, 0.25) is 5.02 Å². The fourth-order valence-electron chi connectivity index (χ4n) is 2.32. The molecule has 2 N–H and O–H groups in total. The number of rotatable bonds is 1. The summed E-state index contributed by atoms with van der Waals surface area (Å²) in [5, 5.41) is 3.28. The molecule has 21 heavy (non-hydrogen) atoms. The van der Waals surface area contributed by atoms with Gasteiger partial charge in [0.05, 0.1) is 11.3 Å². The number of halogens is 4. The lowest BCUT2D eigenvalue weighted by Gasteiger charge is -2.13. The zero-order chi connectivity index (χ0) is 15.2. The van der Waals surface area contributed by atoms with Gasteiger partial charge in [-0.2, -0.15) is 13.2 Å². The Hall–Kier alpha value is -1.60. The number of aromatic amines is 1. The minimum absolute atomic E-state index is 0.201. The molecule has 1 aromatic heterocycles. The van der Waals surface area contributed by atoms with E-state index in [4.69, 9.17) is 23.8 Å². The van der Waals surface area contributed by atoms with Crippen LogP contribution in [0.15, 0.2) is 18.2 Å². The van der Waals surface area contributed by atoms with Crippen molar-refractivity contribution in [2.45, 2.75) is 12.6 Å². The third-order valence-electron chi connectivity index (χ3n) is 3.26. The summed E-state index contributed by atoms with van der Waals surface area (Å²) in [5.41, 5.74) is 0.814. The van der Waals surface area contributed by atoms with E-state index in [0.29, 0.717) is 24.5 Å². The highest BCUT2D eigenvalue weighted by atomic mass is 35.5. The first-order valence-electron chi connectivity index (χ1n) is 6.10. The molecule has 2 heterocycles. The van der Waals surface area contributed by atoms with Gasteiger partial charge in [0.1, 0.15) is 5.82 Å². The van der Waals surface area contributed by atoms with Crippen LogP contribution in [-0.4, -0.2) is 16.5 Å². The van der Waals surface area contributed by atoms with E-state index in [1.807, 2.05) is 0 Å². The number of fused-ring (bicyclic) bond motifs is 1. The average molecular weight is 332 g/mol. The van der Waals surface area contributed by atoms with Gasteiger partial charge < -0.3 is 10.3 Å². The third kappa shape index (κ3) is 2.63. The van der Waals surface area contributed by atoms with Crippen molar-refractivity contribution in [2.24, 2.45) is 0 Å². The number of nitrogens with one attached hydrogen (secondary N) is 2. The molecule has 0 aliphatic carbocycles. The predicted octanol–water partition coefficient (Wildman–Crippen LogP) is 4.45. The zero-order valence-electron chi connectivity index (χ0n) is 10.5. The van der Waals surface area contributed by atoms with Crippen molar-refractivity contribution in [2.75, 3.05) is 11.9 Å². The monoisotopic (exact) mass is 331 g/mol. The lowest BCUT2D eigenvalue weighted by Crippen LogP contribution is -2.05. The van der Waals surface area contributed by atoms with Gasteiger partial charge in [0, 0.05) is 22.7 Å². The molecule has 2 aromatic rings. The standard InChI is InChI=1S/C13H9ClF3N3S/c14-9-2-1-6(13(15,16)17)5-8(9)10-7-3-4-18-11(7)20-12(21)19-10/h1-2,5H,3-4H2,(H2,18,19,20,21). The molecule has 3 nitrogen and oxygen atoms in total. The maximum atomic E-state index is 12.9. The van der Waals surface area contributed by atoms with Crippen LogP contribution >= 0.6 is 23.8 Å². The summed E-state index contributed by atoms with van der Waals surface area (Å²) >= 11 is 11.1. The molecule has 0 bridgehead atoms. The summed E-state index contributed by atoms with van der Waals surface area (Å²) in [5.74, 6) is 0.599. The Kier molecular flexibility index (Phi) is 3.41. The number of alkyl halides is 3. The second kappa shape index (κ2) is 4.99. The Morgan fingerprint density at radius 3 is 2.76 bits per heavy atom. The second-order valence-corrected chi connectivity index (χ2v) is 5.41. The van der Waals surface area contributed by atoms with Crippen molar-refractivity contribution < 1.29 is 13.2 Å². The van der Waals surface area contributed by atoms with E-state index < -0.39 is 11.7 Å². The van der Waals surface area contributed by atoms with E-state index in [2.05, 4.69) is 15.3 Å². The van der Waals surface area contributed by atoms with Gasteiger partial charge in [-0.25, -0.2) is 4.98 Å². The first-order chi connectivity index (χ1) is 9.86. The van der Waals surface area contributed by atoms with Crippen molar-refractivity contribution in [3.63, 3.8) is 0 Å². The van der Waals surface area contributed by atoms with Crippen LogP contribution < -0.4 is 5.32 Å². The Labute approximate surface area is 128 Å². The number of hydrogen-bond acceptors (Lipinski definition) is 3. The molecular formula is C13H9ClF3N3S. The molecule has 3 rings (SSSR count). The Morgan fingerprint density at radius 1 is 1.29 bits per heavy atom. The molecular weight excluding hydrogens is 323 g/mol. The van der Waals surface area contributed by atoms with Crippen LogP contribution in [0.4, 0.5) is 19.0 Å². The quantitative estimate of drug-likeness (QED) is 0.759. The molecule has 0 saturated carbocycles. The number of aromatic nitrogens is 2. The number of H-pyrrole nitrogens is 1. The molecule has 0 spiro atoms. The Bertz CT molecular complexity index is 770. The minimum atomic E-state index is -4.43. The van der Waals surface area contributed by atoms with E-state index in [-0.39, 0.29) is 15.4 Å². The van der Waals surface area contributed by atoms with E-state index in [1.54, 1.807) is 0 Å². The molecule has 0 amide bonds. The van der Waals surface area contributed by atoms with Crippen LogP contribution in [0.1, 0.15) is 11.1 Å². The summed E-state index contributed by atoms with van der Waals surface area (Å²) < 4.78 is 38.8. The first-order valence-corrected chi connectivity index (χ1v) is 6.89. The number of anilines is 1. The van der Waals surface area contributed by atoms with Crippen LogP contribution in [0, 0.1) is 4.77 Å². The zero-order valence-corrected chi connectivity index (χ0v) is 12.1. The second-order valence-electron chi connectivity index (χ2n) is 4.61. The predicted molar refractivity (Wildman–Crippen MR) is 77.1 cm³/mol. The highest BCUT2D eigenvalue weighted by Gasteiger charge is 2.31. The molecule has 8 heteroatoms. The SMILES string of the molecule is FC(F)(F)c1ccc(Cl)c(-c2[nH]c(=S)nc3c2CCN3)c1. The average Bonchev–Trinajstić information content (AvgIpc) is 2.85. The van der Waals surface area contributed by atoms with E-state index >= 15 is 0 Å². The molecule has 0 fully saturated rings. The number of benzene rings is 1. The smallest absolute Gasteiger partial charge is 0.369 e. The van der Waals surface area contributed by atoms with Gasteiger partial charge in [-0.15, -0.1) is 0 Å². The van der Waals surface area contributed by atoms with Gasteiger partial charge in [-0.3, -0.25) is 0 Å². The van der Waals surface area contributed by atoms with Gasteiger partial charge in [-0.05, 0) is 36.8 Å². The highest BCUT2D eigenvalue weighted by molar-refractivity contribution is 7.71. The van der Waals surface area contributed by atoms with Crippen molar-refractivity contribution in [3.05, 3.63) is 39.1 Å². The molecule has 1 aliphatic heterocycles. The third-order valence-corrected chi connectivity index (χ3v) is 3.79. The minimum Gasteiger partial charge on any atom is -0.369 e. The maximum Gasteiger partial charge on any atom is 0.416 e. The molecule has 0 unspecified atom stereocenters. The van der Waals surface area contributed by atoms with E-state index in [1.165, 1.54) is 6.07 Å². The van der Waals surface area contributed by atoms with Crippen LogP contribution in [0.3, 0.4) is 0 Å². The van der Waals surface area contributed by atoms with Gasteiger partial charge in [0.25, 0.3) is 0 Å². The fraction of sp³-hybridized carbons (Fsp3) is 0.231. The van der Waals surface area contributed by atoms with Crippen LogP contribution in [-0.2, 0) is 12.6 Å². The summed E-state index contributed by atoms with van der Waals surface area (Å²) in [4.78, 5) is 6.98. The fourth-order valence-corrected chi connectivity index (χ4v) is 2.72. The van der Waals surface area contributed by atoms with Gasteiger partial charge in [-0.1, -0.05) is 11.6 Å². The lowest BCUT2D eigenvalue weighted by molar-refractivity contribution is -0.137. The molecule has 1 aromatic carbocycles. The van der Waals surface area contributed by atoms with E-state index in [0.717, 1.165) is 17.7 Å². The van der Waals surface area contributed by atoms with E-state index in [9.17, 15) is 13.2 Å². The number of nitrogens with zero attached hydrogens (tertiary/aromatic N) is 1. The highest BCUT2D eigenvalue weighted by Crippen LogP contribution is 2.38. The summed E-state index contributed by atoms with van der Waals surface area (Å²) in [7, 11) is 0. The molecule has 110 valence electrons. The topological polar surface area (TPSA) is 40.7 Å². The maximum absolute atomic E-state index is 12.9. The van der Waals surface area contributed by atoms with Crippen molar-refractivity contribution in [1.29, 1.82) is 0 Å². The largest absolute Gasteiger partial charge is 0.416 e. The van der Waals surface area contributed by atoms with Gasteiger partial charge >= 0.3 is 6.18 Å². The van der Waals surface area contributed by atoms with Gasteiger partial charge in [0.15, 0.2) is 4.77 Å². The normalized spacial score (nSPS) is 13.9. The van der Waals surface area contributed by atoms with Crippen molar-refractivity contribution in [1.82, 2.24) is 9.97 Å². The Morgan fingerprint density at radius 2 is 2.05 bits per heavy atom. The van der Waals surface area contributed by atoms with Gasteiger partial charge in [0.2, 0.25) is 0 Å². The summed E-state index contributed by atoms with van der Waals surface area (Å²) in [6, 6.07) is 3.23. The van der Waals surface area contributed by atoms with Crippen molar-refractivity contribution in [3.8, 4) is 11.3 Å². The summed E-state index contributed by atoms with van der Waals surface area (Å²) in [6.45, 7) is 0.665. The number of hydrogen-bond donors (Lipinski definition) is 2. The molecule has 0 saturated heterocycles. The molecule has 0 radical (unpaired) electrons.